The summed E-state index contributed by atoms with van der Waals surface area (Å²) >= 11 is 0. The van der Waals surface area contributed by atoms with Crippen LogP contribution < -0.4 is 11.1 Å². The number of benzene rings is 1. The summed E-state index contributed by atoms with van der Waals surface area (Å²) in [6.07, 6.45) is 0.186. The van der Waals surface area contributed by atoms with E-state index in [1.807, 2.05) is 19.1 Å². The quantitative estimate of drug-likeness (QED) is 0.436. The summed E-state index contributed by atoms with van der Waals surface area (Å²) in [5.41, 5.74) is 5.85. The van der Waals surface area contributed by atoms with E-state index in [0.29, 0.717) is 5.69 Å². The summed E-state index contributed by atoms with van der Waals surface area (Å²) in [6.45, 7) is 0.315. The summed E-state index contributed by atoms with van der Waals surface area (Å²) in [4.78, 5) is 11.9. The number of rotatable bonds is 7. The van der Waals surface area contributed by atoms with E-state index in [2.05, 4.69) is 5.32 Å². The van der Waals surface area contributed by atoms with Gasteiger partial charge in [0.05, 0.1) is 19.8 Å². The van der Waals surface area contributed by atoms with Gasteiger partial charge in [0.1, 0.15) is 5.54 Å². The van der Waals surface area contributed by atoms with Gasteiger partial charge >= 0.3 is 0 Å². The van der Waals surface area contributed by atoms with E-state index in [1.165, 1.54) is 0 Å². The van der Waals surface area contributed by atoms with E-state index in [0.717, 1.165) is 5.56 Å². The first-order valence-corrected chi connectivity index (χ1v) is 6.45. The van der Waals surface area contributed by atoms with Crippen molar-refractivity contribution in [1.29, 1.82) is 0 Å². The molecule has 0 saturated carbocycles. The van der Waals surface area contributed by atoms with Crippen molar-refractivity contribution in [2.45, 2.75) is 24.8 Å². The van der Waals surface area contributed by atoms with Crippen molar-refractivity contribution in [2.75, 3.05) is 25.6 Å². The minimum absolute atomic E-state index is 0.0376. The van der Waals surface area contributed by atoms with Gasteiger partial charge in [0.15, 0.2) is 0 Å². The molecule has 1 aromatic carbocycles. The molecule has 0 saturated heterocycles. The Labute approximate surface area is 118 Å². The molecule has 1 amide bonds. The fourth-order valence-electron chi connectivity index (χ4n) is 1.84. The van der Waals surface area contributed by atoms with Crippen molar-refractivity contribution in [3.8, 4) is 0 Å². The van der Waals surface area contributed by atoms with Crippen LogP contribution >= 0.6 is 0 Å². The molecular formula is C14H22N2O4. The third kappa shape index (κ3) is 4.19. The largest absolute Gasteiger partial charge is 0.399 e. The van der Waals surface area contributed by atoms with E-state index < -0.39 is 25.4 Å². The number of nitrogen functional groups attached to an aromatic ring is 1. The van der Waals surface area contributed by atoms with Crippen molar-refractivity contribution >= 4 is 11.6 Å². The van der Waals surface area contributed by atoms with Crippen LogP contribution in [-0.4, -0.2) is 46.6 Å². The number of nitrogens with two attached hydrogens (primary N) is 1. The molecule has 0 fully saturated rings. The van der Waals surface area contributed by atoms with Gasteiger partial charge in [-0.25, -0.2) is 0 Å². The van der Waals surface area contributed by atoms with Gasteiger partial charge in [0.2, 0.25) is 5.91 Å². The molecule has 1 atom stereocenters. The topological polar surface area (TPSA) is 116 Å². The zero-order valence-corrected chi connectivity index (χ0v) is 11.5. The van der Waals surface area contributed by atoms with Crippen LogP contribution in [0.4, 0.5) is 5.69 Å². The highest BCUT2D eigenvalue weighted by Crippen LogP contribution is 2.20. The number of aliphatic hydroxyl groups is 3. The number of anilines is 1. The fraction of sp³-hybridized carbons (Fsp3) is 0.500. The first-order chi connectivity index (χ1) is 9.46. The van der Waals surface area contributed by atoms with E-state index in [9.17, 15) is 4.79 Å². The highest BCUT2D eigenvalue weighted by molar-refractivity contribution is 5.77. The van der Waals surface area contributed by atoms with E-state index in [1.54, 1.807) is 12.1 Å². The van der Waals surface area contributed by atoms with Crippen molar-refractivity contribution in [2.24, 2.45) is 0 Å². The first-order valence-electron chi connectivity index (χ1n) is 6.45. The zero-order chi connectivity index (χ0) is 15.2. The number of hydrogen-bond acceptors (Lipinski definition) is 5. The lowest BCUT2D eigenvalue weighted by atomic mass is 9.96. The zero-order valence-electron chi connectivity index (χ0n) is 11.5. The lowest BCUT2D eigenvalue weighted by Gasteiger charge is -2.29. The Hall–Kier alpha value is -1.63. The Bertz CT molecular complexity index is 421. The van der Waals surface area contributed by atoms with E-state index in [-0.39, 0.29) is 18.2 Å². The lowest BCUT2D eigenvalue weighted by molar-refractivity contribution is -0.125. The molecule has 0 spiro atoms. The second-order valence-corrected chi connectivity index (χ2v) is 5.07. The predicted molar refractivity (Wildman–Crippen MR) is 76.0 cm³/mol. The summed E-state index contributed by atoms with van der Waals surface area (Å²) < 4.78 is 0. The smallest absolute Gasteiger partial charge is 0.221 e. The Morgan fingerprint density at radius 2 is 1.70 bits per heavy atom. The summed E-state index contributed by atoms with van der Waals surface area (Å²) in [5.74, 6) is -0.379. The van der Waals surface area contributed by atoms with Gasteiger partial charge < -0.3 is 26.4 Å². The maximum atomic E-state index is 11.9. The van der Waals surface area contributed by atoms with Crippen molar-refractivity contribution in [3.05, 3.63) is 29.8 Å². The monoisotopic (exact) mass is 282 g/mol. The molecule has 112 valence electrons. The molecule has 20 heavy (non-hydrogen) atoms. The Kier molecular flexibility index (Phi) is 5.94. The van der Waals surface area contributed by atoms with Gasteiger partial charge in [-0.3, -0.25) is 4.79 Å². The van der Waals surface area contributed by atoms with Gasteiger partial charge in [-0.05, 0) is 23.6 Å². The average molecular weight is 282 g/mol. The molecular weight excluding hydrogens is 260 g/mol. The second-order valence-electron chi connectivity index (χ2n) is 5.07. The van der Waals surface area contributed by atoms with Crippen LogP contribution in [0.2, 0.25) is 0 Å². The number of carbonyl (C=O) groups is 1. The molecule has 0 aliphatic carbocycles. The maximum absolute atomic E-state index is 11.9. The number of carbonyl (C=O) groups excluding carboxylic acids is 1. The minimum atomic E-state index is -1.38. The molecule has 0 aliphatic heterocycles. The van der Waals surface area contributed by atoms with Gasteiger partial charge in [0.25, 0.3) is 0 Å². The highest BCUT2D eigenvalue weighted by Gasteiger charge is 2.30. The van der Waals surface area contributed by atoms with Crippen LogP contribution in [0, 0.1) is 0 Å². The predicted octanol–water partition coefficient (Wildman–Crippen LogP) is -0.406. The highest BCUT2D eigenvalue weighted by atomic mass is 16.3. The molecule has 0 radical (unpaired) electrons. The minimum Gasteiger partial charge on any atom is -0.399 e. The third-order valence-corrected chi connectivity index (χ3v) is 3.31. The van der Waals surface area contributed by atoms with E-state index in [4.69, 9.17) is 21.1 Å². The number of aliphatic hydroxyl groups excluding tert-OH is 3. The van der Waals surface area contributed by atoms with Crippen LogP contribution in [-0.2, 0) is 4.79 Å². The van der Waals surface area contributed by atoms with E-state index >= 15 is 0 Å². The van der Waals surface area contributed by atoms with Gasteiger partial charge in [-0.2, -0.15) is 0 Å². The molecule has 1 rings (SSSR count). The SMILES string of the molecule is CC(CC(=O)NC(CO)(CO)CO)c1ccc(N)cc1. The molecule has 0 aliphatic rings. The third-order valence-electron chi connectivity index (χ3n) is 3.31. The van der Waals surface area contributed by atoms with Gasteiger partial charge in [-0.1, -0.05) is 19.1 Å². The van der Waals surface area contributed by atoms with Crippen molar-refractivity contribution in [3.63, 3.8) is 0 Å². The van der Waals surface area contributed by atoms with Crippen molar-refractivity contribution in [1.82, 2.24) is 5.32 Å². The molecule has 0 aromatic heterocycles. The lowest BCUT2D eigenvalue weighted by Crippen LogP contribution is -2.57. The molecule has 1 unspecified atom stereocenters. The summed E-state index contributed by atoms with van der Waals surface area (Å²) in [5, 5.41) is 30.0. The number of amides is 1. The first kappa shape index (κ1) is 16.4. The molecule has 6 nitrogen and oxygen atoms in total. The molecule has 0 heterocycles. The van der Waals surface area contributed by atoms with Crippen LogP contribution in [0.1, 0.15) is 24.8 Å². The Morgan fingerprint density at radius 1 is 1.20 bits per heavy atom. The summed E-state index contributed by atoms with van der Waals surface area (Å²) in [7, 11) is 0. The van der Waals surface area contributed by atoms with Crippen molar-refractivity contribution < 1.29 is 20.1 Å². The standard InChI is InChI=1S/C14H22N2O4/c1-10(11-2-4-12(15)5-3-11)6-13(20)16-14(7-17,8-18)9-19/h2-5,10,17-19H,6-9,15H2,1H3,(H,16,20). The number of hydrogen-bond donors (Lipinski definition) is 5. The normalized spacial score (nSPS) is 13.0. The Balaban J connectivity index is 2.63. The number of nitrogens with one attached hydrogen (secondary N) is 1. The van der Waals surface area contributed by atoms with Crippen LogP contribution in [0.3, 0.4) is 0 Å². The average Bonchev–Trinajstić information content (AvgIpc) is 2.45. The Morgan fingerprint density at radius 3 is 2.15 bits per heavy atom. The maximum Gasteiger partial charge on any atom is 0.221 e. The van der Waals surface area contributed by atoms with Crippen LogP contribution in [0.5, 0.6) is 0 Å². The van der Waals surface area contributed by atoms with Crippen LogP contribution in [0.15, 0.2) is 24.3 Å². The molecule has 6 N–H and O–H groups in total. The molecule has 1 aromatic rings. The second kappa shape index (κ2) is 7.23. The molecule has 0 bridgehead atoms. The van der Waals surface area contributed by atoms with Crippen LogP contribution in [0.25, 0.3) is 0 Å². The fourth-order valence-corrected chi connectivity index (χ4v) is 1.84. The molecule has 6 heteroatoms. The van der Waals surface area contributed by atoms with Gasteiger partial charge in [-0.15, -0.1) is 0 Å². The summed E-state index contributed by atoms with van der Waals surface area (Å²) in [6, 6.07) is 7.24. The van der Waals surface area contributed by atoms with Gasteiger partial charge in [0, 0.05) is 12.1 Å².